The average Bonchev–Trinajstić information content (AvgIpc) is 2.13. The molecule has 1 nitrogen and oxygen atoms in total. The molecule has 0 aromatic rings. The number of rotatable bonds is 9. The first-order valence-electron chi connectivity index (χ1n) is 5.21. The van der Waals surface area contributed by atoms with Gasteiger partial charge in [-0.1, -0.05) is 29.8 Å². The molecule has 0 saturated heterocycles. The van der Waals surface area contributed by atoms with Crippen molar-refractivity contribution < 1.29 is 0 Å². The zero-order chi connectivity index (χ0) is 9.94. The van der Waals surface area contributed by atoms with Crippen molar-refractivity contribution in [3.63, 3.8) is 0 Å². The monoisotopic (exact) mass is 267 g/mol. The van der Waals surface area contributed by atoms with Crippen molar-refractivity contribution in [2.75, 3.05) is 36.5 Å². The van der Waals surface area contributed by atoms with Gasteiger partial charge in [0, 0.05) is 11.9 Å². The molecule has 0 atom stereocenters. The van der Waals surface area contributed by atoms with Crippen molar-refractivity contribution >= 4 is 27.7 Å². The molecule has 0 aromatic heterocycles. The summed E-state index contributed by atoms with van der Waals surface area (Å²) in [5.74, 6) is 2.57. The smallest absolute Gasteiger partial charge is 0.0159 e. The summed E-state index contributed by atoms with van der Waals surface area (Å²) in [7, 11) is 0. The summed E-state index contributed by atoms with van der Waals surface area (Å²) < 4.78 is 0. The van der Waals surface area contributed by atoms with Crippen molar-refractivity contribution in [1.29, 1.82) is 0 Å². The van der Waals surface area contributed by atoms with Crippen LogP contribution < -0.4 is 0 Å². The van der Waals surface area contributed by atoms with Crippen LogP contribution in [0.1, 0.15) is 26.7 Å². The van der Waals surface area contributed by atoms with E-state index in [-0.39, 0.29) is 0 Å². The van der Waals surface area contributed by atoms with Gasteiger partial charge in [-0.3, -0.25) is 0 Å². The van der Waals surface area contributed by atoms with Gasteiger partial charge in [0.15, 0.2) is 0 Å². The van der Waals surface area contributed by atoms with Crippen LogP contribution in [0.25, 0.3) is 0 Å². The highest BCUT2D eigenvalue weighted by Gasteiger charge is 2.01. The number of hydrogen-bond acceptors (Lipinski definition) is 2. The summed E-state index contributed by atoms with van der Waals surface area (Å²) in [6.45, 7) is 8.20. The highest BCUT2D eigenvalue weighted by atomic mass is 79.9. The van der Waals surface area contributed by atoms with Crippen LogP contribution in [0.5, 0.6) is 0 Å². The van der Waals surface area contributed by atoms with Crippen molar-refractivity contribution in [3.8, 4) is 0 Å². The SMILES string of the molecule is CCCN(CCBr)CCCSCC. The third kappa shape index (κ3) is 9.10. The lowest BCUT2D eigenvalue weighted by Gasteiger charge is -2.19. The lowest BCUT2D eigenvalue weighted by molar-refractivity contribution is 0.293. The second-order valence-corrected chi connectivity index (χ2v) is 5.27. The summed E-state index contributed by atoms with van der Waals surface area (Å²) in [5.41, 5.74) is 0. The van der Waals surface area contributed by atoms with Crippen LogP contribution in [0.2, 0.25) is 0 Å². The Morgan fingerprint density at radius 2 is 1.92 bits per heavy atom. The second-order valence-electron chi connectivity index (χ2n) is 3.08. The predicted octanol–water partition coefficient (Wildman–Crippen LogP) is 3.24. The first-order chi connectivity index (χ1) is 6.35. The molecule has 3 heteroatoms. The van der Waals surface area contributed by atoms with Gasteiger partial charge in [0.2, 0.25) is 0 Å². The van der Waals surface area contributed by atoms with Crippen LogP contribution in [0.4, 0.5) is 0 Å². The molecule has 0 heterocycles. The van der Waals surface area contributed by atoms with Gasteiger partial charge < -0.3 is 4.90 Å². The van der Waals surface area contributed by atoms with E-state index in [1.165, 1.54) is 44.0 Å². The molecular weight excluding hydrogens is 246 g/mol. The summed E-state index contributed by atoms with van der Waals surface area (Å²) in [5, 5.41) is 1.11. The van der Waals surface area contributed by atoms with E-state index in [1.807, 2.05) is 11.8 Å². The number of alkyl halides is 1. The summed E-state index contributed by atoms with van der Waals surface area (Å²) in [6, 6.07) is 0. The zero-order valence-corrected chi connectivity index (χ0v) is 11.3. The molecule has 0 saturated carbocycles. The van der Waals surface area contributed by atoms with Crippen LogP contribution in [-0.2, 0) is 0 Å². The van der Waals surface area contributed by atoms with Gasteiger partial charge in [0.05, 0.1) is 0 Å². The van der Waals surface area contributed by atoms with E-state index >= 15 is 0 Å². The minimum absolute atomic E-state index is 1.11. The van der Waals surface area contributed by atoms with E-state index in [4.69, 9.17) is 0 Å². The second kappa shape index (κ2) is 10.9. The van der Waals surface area contributed by atoms with Crippen LogP contribution in [0.15, 0.2) is 0 Å². The normalized spacial score (nSPS) is 11.1. The fourth-order valence-corrected chi connectivity index (χ4v) is 2.43. The lowest BCUT2D eigenvalue weighted by Crippen LogP contribution is -2.28. The van der Waals surface area contributed by atoms with Gasteiger partial charge in [-0.2, -0.15) is 11.8 Å². The van der Waals surface area contributed by atoms with Crippen molar-refractivity contribution in [2.45, 2.75) is 26.7 Å². The van der Waals surface area contributed by atoms with Gasteiger partial charge in [-0.05, 0) is 37.4 Å². The molecule has 0 aliphatic heterocycles. The Morgan fingerprint density at radius 1 is 1.15 bits per heavy atom. The van der Waals surface area contributed by atoms with E-state index in [0.29, 0.717) is 0 Å². The molecule has 0 amide bonds. The van der Waals surface area contributed by atoms with Gasteiger partial charge in [0.1, 0.15) is 0 Å². The molecule has 0 bridgehead atoms. The maximum atomic E-state index is 3.50. The van der Waals surface area contributed by atoms with Crippen molar-refractivity contribution in [2.24, 2.45) is 0 Å². The lowest BCUT2D eigenvalue weighted by atomic mass is 10.3. The van der Waals surface area contributed by atoms with Crippen LogP contribution in [0.3, 0.4) is 0 Å². The Balaban J connectivity index is 3.33. The van der Waals surface area contributed by atoms with E-state index in [2.05, 4.69) is 34.7 Å². The molecule has 0 aliphatic rings. The Labute approximate surface area is 95.8 Å². The standard InChI is InChI=1S/C10H22BrNS/c1-3-7-12(9-6-11)8-5-10-13-4-2/h3-10H2,1-2H3. The van der Waals surface area contributed by atoms with E-state index < -0.39 is 0 Å². The van der Waals surface area contributed by atoms with E-state index in [1.54, 1.807) is 0 Å². The summed E-state index contributed by atoms with van der Waals surface area (Å²) >= 11 is 5.54. The minimum Gasteiger partial charge on any atom is -0.302 e. The zero-order valence-electron chi connectivity index (χ0n) is 8.89. The Kier molecular flexibility index (Phi) is 11.5. The molecule has 13 heavy (non-hydrogen) atoms. The molecule has 0 spiro atoms. The average molecular weight is 268 g/mol. The molecule has 0 fully saturated rings. The maximum Gasteiger partial charge on any atom is 0.0159 e. The number of thioether (sulfide) groups is 1. The number of halogens is 1. The maximum absolute atomic E-state index is 3.50. The van der Waals surface area contributed by atoms with Gasteiger partial charge in [-0.25, -0.2) is 0 Å². The van der Waals surface area contributed by atoms with Crippen LogP contribution in [0, 0.1) is 0 Å². The molecule has 0 aliphatic carbocycles. The number of hydrogen-bond donors (Lipinski definition) is 0. The quantitative estimate of drug-likeness (QED) is 0.466. The Bertz CT molecular complexity index is 94.9. The molecule has 0 unspecified atom stereocenters. The first kappa shape index (κ1) is 13.8. The van der Waals surface area contributed by atoms with Gasteiger partial charge >= 0.3 is 0 Å². The Hall–Kier alpha value is 0.790. The highest BCUT2D eigenvalue weighted by Crippen LogP contribution is 2.03. The minimum atomic E-state index is 1.11. The predicted molar refractivity (Wildman–Crippen MR) is 68.1 cm³/mol. The topological polar surface area (TPSA) is 3.24 Å². The van der Waals surface area contributed by atoms with Crippen LogP contribution >= 0.6 is 27.7 Å². The first-order valence-corrected chi connectivity index (χ1v) is 7.48. The van der Waals surface area contributed by atoms with E-state index in [0.717, 1.165) is 5.33 Å². The molecule has 0 aromatic carbocycles. The molecule has 80 valence electrons. The van der Waals surface area contributed by atoms with Crippen molar-refractivity contribution in [3.05, 3.63) is 0 Å². The highest BCUT2D eigenvalue weighted by molar-refractivity contribution is 9.09. The molecule has 0 N–H and O–H groups in total. The Morgan fingerprint density at radius 3 is 2.46 bits per heavy atom. The van der Waals surface area contributed by atoms with E-state index in [9.17, 15) is 0 Å². The fraction of sp³-hybridized carbons (Fsp3) is 1.00. The summed E-state index contributed by atoms with van der Waals surface area (Å²) in [6.07, 6.45) is 2.61. The fourth-order valence-electron chi connectivity index (χ4n) is 1.31. The molecule has 0 radical (unpaired) electrons. The number of nitrogens with zero attached hydrogens (tertiary/aromatic N) is 1. The van der Waals surface area contributed by atoms with Gasteiger partial charge in [0.25, 0.3) is 0 Å². The third-order valence-electron chi connectivity index (χ3n) is 1.91. The van der Waals surface area contributed by atoms with Crippen molar-refractivity contribution in [1.82, 2.24) is 4.90 Å². The van der Waals surface area contributed by atoms with Gasteiger partial charge in [-0.15, -0.1) is 0 Å². The molecule has 0 rings (SSSR count). The largest absolute Gasteiger partial charge is 0.302 e. The third-order valence-corrected chi connectivity index (χ3v) is 3.25. The summed E-state index contributed by atoms with van der Waals surface area (Å²) in [4.78, 5) is 2.55. The van der Waals surface area contributed by atoms with Crippen LogP contribution in [-0.4, -0.2) is 41.4 Å². The molecular formula is C10H22BrNS.